The van der Waals surface area contributed by atoms with Crippen molar-refractivity contribution in [2.75, 3.05) is 12.3 Å². The molecule has 0 aliphatic carbocycles. The minimum absolute atomic E-state index is 0.0896. The summed E-state index contributed by atoms with van der Waals surface area (Å²) in [6, 6.07) is 1.60. The van der Waals surface area contributed by atoms with E-state index < -0.39 is 16.4 Å². The average molecular weight is 325 g/mol. The van der Waals surface area contributed by atoms with E-state index in [1.165, 1.54) is 0 Å². The molecule has 0 bridgehead atoms. The van der Waals surface area contributed by atoms with Gasteiger partial charge in [0.15, 0.2) is 0 Å². The van der Waals surface area contributed by atoms with Crippen LogP contribution in [0.4, 0.5) is 4.79 Å². The summed E-state index contributed by atoms with van der Waals surface area (Å²) < 4.78 is 17.8. The Bertz CT molecular complexity index is 531. The number of hydrogen-bond donors (Lipinski definition) is 0. The Hall–Kier alpha value is -1.50. The molecule has 0 radical (unpaired) electrons. The summed E-state index contributed by atoms with van der Waals surface area (Å²) >= 11 is 0. The number of piperidine rings is 1. The quantitative estimate of drug-likeness (QED) is 0.798. The summed E-state index contributed by atoms with van der Waals surface area (Å²) in [4.78, 5) is 22.1. The van der Waals surface area contributed by atoms with Gasteiger partial charge in [0.25, 0.3) is 0 Å². The number of nitrogens with zero attached hydrogens (tertiary/aromatic N) is 3. The fourth-order valence-corrected chi connectivity index (χ4v) is 3.59. The summed E-state index contributed by atoms with van der Waals surface area (Å²) in [6.07, 6.45) is 5.63. The van der Waals surface area contributed by atoms with Gasteiger partial charge in [-0.25, -0.2) is 14.8 Å². The van der Waals surface area contributed by atoms with Crippen LogP contribution in [0.5, 0.6) is 0 Å². The first-order chi connectivity index (χ1) is 10.4. The SMILES string of the molecule is CC(C)(C)OC(=O)N1CCCC[C@H]1C[S@@](=O)c1ncccn1. The Morgan fingerprint density at radius 3 is 2.68 bits per heavy atom. The Kier molecular flexibility index (Phi) is 5.50. The Morgan fingerprint density at radius 1 is 1.36 bits per heavy atom. The van der Waals surface area contributed by atoms with Crippen LogP contribution in [0.25, 0.3) is 0 Å². The lowest BCUT2D eigenvalue weighted by Gasteiger charge is -2.36. The van der Waals surface area contributed by atoms with E-state index in [0.29, 0.717) is 17.5 Å². The molecule has 6 nitrogen and oxygen atoms in total. The normalized spacial score (nSPS) is 20.5. The van der Waals surface area contributed by atoms with Gasteiger partial charge in [0.1, 0.15) is 5.60 Å². The van der Waals surface area contributed by atoms with Crippen molar-refractivity contribution in [3.8, 4) is 0 Å². The highest BCUT2D eigenvalue weighted by atomic mass is 32.2. The molecule has 1 aliphatic heterocycles. The first kappa shape index (κ1) is 16.9. The predicted octanol–water partition coefficient (Wildman–Crippen LogP) is 2.37. The molecule has 1 aliphatic rings. The Morgan fingerprint density at radius 2 is 2.05 bits per heavy atom. The number of rotatable bonds is 3. The van der Waals surface area contributed by atoms with Crippen molar-refractivity contribution in [1.29, 1.82) is 0 Å². The van der Waals surface area contributed by atoms with Crippen LogP contribution >= 0.6 is 0 Å². The third kappa shape index (κ3) is 4.76. The fraction of sp³-hybridized carbons (Fsp3) is 0.667. The molecule has 1 aromatic heterocycles. The Labute approximate surface area is 133 Å². The Balaban J connectivity index is 2.04. The van der Waals surface area contributed by atoms with Gasteiger partial charge in [-0.05, 0) is 46.1 Å². The zero-order valence-electron chi connectivity index (χ0n) is 13.3. The third-order valence-corrected chi connectivity index (χ3v) is 4.65. The minimum atomic E-state index is -1.31. The van der Waals surface area contributed by atoms with Crippen molar-refractivity contribution in [2.45, 2.75) is 56.8 Å². The van der Waals surface area contributed by atoms with Crippen molar-refractivity contribution < 1.29 is 13.7 Å². The van der Waals surface area contributed by atoms with Crippen LogP contribution in [0.15, 0.2) is 23.6 Å². The minimum Gasteiger partial charge on any atom is -0.444 e. The van der Waals surface area contributed by atoms with Gasteiger partial charge in [-0.2, -0.15) is 0 Å². The number of likely N-dealkylation sites (tertiary alicyclic amines) is 1. The standard InChI is InChI=1S/C15H23N3O3S/c1-15(2,3)21-14(19)18-10-5-4-7-12(18)11-22(20)13-16-8-6-9-17-13/h6,8-9,12H,4-5,7,10-11H2,1-3H3/t12-,22+/m0/s1. The fourth-order valence-electron chi connectivity index (χ4n) is 2.39. The van der Waals surface area contributed by atoms with E-state index in [-0.39, 0.29) is 12.1 Å². The van der Waals surface area contributed by atoms with Gasteiger partial charge < -0.3 is 9.64 Å². The van der Waals surface area contributed by atoms with Crippen LogP contribution in [0.1, 0.15) is 40.0 Å². The van der Waals surface area contributed by atoms with Crippen molar-refractivity contribution >= 4 is 16.9 Å². The molecule has 0 spiro atoms. The summed E-state index contributed by atoms with van der Waals surface area (Å²) in [6.45, 7) is 6.19. The summed E-state index contributed by atoms with van der Waals surface area (Å²) in [5.74, 6) is 0.350. The zero-order valence-corrected chi connectivity index (χ0v) is 14.1. The van der Waals surface area contributed by atoms with E-state index >= 15 is 0 Å². The van der Waals surface area contributed by atoms with Gasteiger partial charge >= 0.3 is 6.09 Å². The molecule has 0 unspecified atom stereocenters. The second kappa shape index (κ2) is 7.17. The lowest BCUT2D eigenvalue weighted by atomic mass is 10.0. The molecule has 0 N–H and O–H groups in total. The molecule has 1 saturated heterocycles. The lowest BCUT2D eigenvalue weighted by molar-refractivity contribution is 0.0125. The van der Waals surface area contributed by atoms with Gasteiger partial charge in [0.05, 0.1) is 16.6 Å². The van der Waals surface area contributed by atoms with E-state index in [1.54, 1.807) is 23.4 Å². The first-order valence-electron chi connectivity index (χ1n) is 7.52. The molecule has 1 amide bonds. The number of hydrogen-bond acceptors (Lipinski definition) is 5. The summed E-state index contributed by atoms with van der Waals surface area (Å²) in [5.41, 5.74) is -0.527. The maximum atomic E-state index is 12.4. The molecular formula is C15H23N3O3S. The second-order valence-corrected chi connectivity index (χ2v) is 7.76. The molecular weight excluding hydrogens is 302 g/mol. The van der Waals surface area contributed by atoms with Gasteiger partial charge in [0.2, 0.25) is 5.16 Å². The van der Waals surface area contributed by atoms with Crippen LogP contribution in [0.3, 0.4) is 0 Å². The molecule has 2 atom stereocenters. The summed E-state index contributed by atoms with van der Waals surface area (Å²) in [7, 11) is -1.31. The van der Waals surface area contributed by atoms with E-state index in [0.717, 1.165) is 19.3 Å². The molecule has 22 heavy (non-hydrogen) atoms. The maximum Gasteiger partial charge on any atom is 0.410 e. The van der Waals surface area contributed by atoms with Crippen molar-refractivity contribution in [3.05, 3.63) is 18.5 Å². The molecule has 1 aromatic rings. The smallest absolute Gasteiger partial charge is 0.410 e. The van der Waals surface area contributed by atoms with Crippen molar-refractivity contribution in [3.63, 3.8) is 0 Å². The second-order valence-electron chi connectivity index (χ2n) is 6.37. The number of carbonyl (C=O) groups is 1. The van der Waals surface area contributed by atoms with Gasteiger partial charge in [-0.1, -0.05) is 0 Å². The molecule has 2 heterocycles. The van der Waals surface area contributed by atoms with Crippen LogP contribution in [0, 0.1) is 0 Å². The monoisotopic (exact) mass is 325 g/mol. The number of amides is 1. The number of carbonyl (C=O) groups excluding carboxylic acids is 1. The zero-order chi connectivity index (χ0) is 16.2. The first-order valence-corrected chi connectivity index (χ1v) is 8.84. The van der Waals surface area contributed by atoms with Crippen molar-refractivity contribution in [2.24, 2.45) is 0 Å². The molecule has 122 valence electrons. The van der Waals surface area contributed by atoms with E-state index in [4.69, 9.17) is 4.74 Å². The predicted molar refractivity (Wildman–Crippen MR) is 83.9 cm³/mol. The van der Waals surface area contributed by atoms with Crippen LogP contribution in [0.2, 0.25) is 0 Å². The third-order valence-electron chi connectivity index (χ3n) is 3.34. The van der Waals surface area contributed by atoms with E-state index in [9.17, 15) is 9.00 Å². The molecule has 0 aromatic carbocycles. The van der Waals surface area contributed by atoms with Crippen LogP contribution in [-0.4, -0.2) is 49.1 Å². The molecule has 1 fully saturated rings. The number of ether oxygens (including phenoxy) is 1. The molecule has 2 rings (SSSR count). The van der Waals surface area contributed by atoms with Gasteiger partial charge in [-0.15, -0.1) is 0 Å². The number of aromatic nitrogens is 2. The highest BCUT2D eigenvalue weighted by Crippen LogP contribution is 2.21. The molecule has 0 saturated carbocycles. The van der Waals surface area contributed by atoms with Crippen molar-refractivity contribution in [1.82, 2.24) is 14.9 Å². The van der Waals surface area contributed by atoms with Gasteiger partial charge in [-0.3, -0.25) is 4.21 Å². The van der Waals surface area contributed by atoms with Gasteiger partial charge in [0, 0.05) is 25.0 Å². The highest BCUT2D eigenvalue weighted by molar-refractivity contribution is 7.84. The van der Waals surface area contributed by atoms with Crippen LogP contribution in [-0.2, 0) is 15.5 Å². The average Bonchev–Trinajstić information content (AvgIpc) is 2.47. The highest BCUT2D eigenvalue weighted by Gasteiger charge is 2.32. The summed E-state index contributed by atoms with van der Waals surface area (Å²) in [5, 5.41) is 0.317. The topological polar surface area (TPSA) is 72.4 Å². The lowest BCUT2D eigenvalue weighted by Crippen LogP contribution is -2.48. The molecule has 7 heteroatoms. The maximum absolute atomic E-state index is 12.4. The van der Waals surface area contributed by atoms with E-state index in [2.05, 4.69) is 9.97 Å². The van der Waals surface area contributed by atoms with Crippen LogP contribution < -0.4 is 0 Å². The van der Waals surface area contributed by atoms with E-state index in [1.807, 2.05) is 20.8 Å². The largest absolute Gasteiger partial charge is 0.444 e.